The average Bonchev–Trinajstić information content (AvgIpc) is 3.07. The van der Waals surface area contributed by atoms with Crippen molar-refractivity contribution in [3.05, 3.63) is 89.5 Å². The van der Waals surface area contributed by atoms with Crippen LogP contribution in [0.3, 0.4) is 0 Å². The molecule has 1 saturated carbocycles. The molecule has 3 aromatic carbocycles. The predicted octanol–water partition coefficient (Wildman–Crippen LogP) is 5.96. The van der Waals surface area contributed by atoms with Gasteiger partial charge in [0, 0.05) is 18.5 Å². The summed E-state index contributed by atoms with van der Waals surface area (Å²) in [6.07, 6.45) is -0.529. The second kappa shape index (κ2) is 16.8. The molecule has 0 bridgehead atoms. The van der Waals surface area contributed by atoms with Gasteiger partial charge in [0.2, 0.25) is 6.29 Å². The lowest BCUT2D eigenvalue weighted by Gasteiger charge is -2.28. The lowest BCUT2D eigenvalue weighted by atomic mass is 9.86. The van der Waals surface area contributed by atoms with Gasteiger partial charge in [0.25, 0.3) is 5.91 Å². The van der Waals surface area contributed by atoms with Crippen LogP contribution < -0.4 is 15.4 Å². The largest absolute Gasteiger partial charge is 0.511 e. The van der Waals surface area contributed by atoms with Crippen LogP contribution in [0.15, 0.2) is 72.8 Å². The molecule has 0 radical (unpaired) electrons. The number of carbonyl (C=O) groups excluding carboxylic acids is 4. The van der Waals surface area contributed by atoms with Gasteiger partial charge in [-0.25, -0.2) is 9.59 Å². The van der Waals surface area contributed by atoms with E-state index in [1.165, 1.54) is 14.0 Å². The zero-order valence-electron chi connectivity index (χ0n) is 26.6. The van der Waals surface area contributed by atoms with Gasteiger partial charge in [-0.2, -0.15) is 0 Å². The van der Waals surface area contributed by atoms with Crippen molar-refractivity contribution in [2.24, 2.45) is 5.92 Å². The fraction of sp³-hybridized carbons (Fsp3) is 0.343. The van der Waals surface area contributed by atoms with E-state index in [1.807, 2.05) is 36.4 Å². The van der Waals surface area contributed by atoms with Crippen molar-refractivity contribution >= 4 is 30.0 Å². The quantitative estimate of drug-likeness (QED) is 0.0750. The number of hydrogen-bond acceptors (Lipinski definition) is 10. The third-order valence-electron chi connectivity index (χ3n) is 7.59. The van der Waals surface area contributed by atoms with E-state index in [4.69, 9.17) is 29.1 Å². The maximum absolute atomic E-state index is 13.4. The lowest BCUT2D eigenvalue weighted by molar-refractivity contribution is -0.173. The van der Waals surface area contributed by atoms with E-state index in [1.54, 1.807) is 43.3 Å². The Morgan fingerprint density at radius 2 is 1.55 bits per heavy atom. The van der Waals surface area contributed by atoms with Crippen LogP contribution in [0.5, 0.6) is 5.75 Å². The second-order valence-electron chi connectivity index (χ2n) is 10.9. The molecule has 0 heterocycles. The van der Waals surface area contributed by atoms with E-state index in [-0.39, 0.29) is 36.9 Å². The van der Waals surface area contributed by atoms with E-state index >= 15 is 0 Å². The van der Waals surface area contributed by atoms with Crippen LogP contribution in [0, 0.1) is 11.3 Å². The maximum Gasteiger partial charge on any atom is 0.511 e. The number of ether oxygens (including phenoxy) is 5. The fourth-order valence-electron chi connectivity index (χ4n) is 5.14. The number of benzene rings is 3. The summed E-state index contributed by atoms with van der Waals surface area (Å²) in [6.45, 7) is 3.34. The normalized spacial score (nSPS) is 16.1. The number of methoxy groups -OCH3 is 1. The fourth-order valence-corrected chi connectivity index (χ4v) is 5.14. The van der Waals surface area contributed by atoms with E-state index in [2.05, 4.69) is 10.6 Å². The number of hydrogen-bond donors (Lipinski definition) is 3. The van der Waals surface area contributed by atoms with Crippen molar-refractivity contribution in [3.63, 3.8) is 0 Å². The monoisotopic (exact) mass is 645 g/mol. The first-order valence-electron chi connectivity index (χ1n) is 15.4. The summed E-state index contributed by atoms with van der Waals surface area (Å²) in [5.41, 5.74) is 3.24. The molecule has 1 fully saturated rings. The van der Waals surface area contributed by atoms with E-state index in [0.29, 0.717) is 42.6 Å². The Morgan fingerprint density at radius 3 is 2.21 bits per heavy atom. The van der Waals surface area contributed by atoms with Gasteiger partial charge in [-0.15, -0.1) is 0 Å². The molecule has 12 heteroatoms. The molecule has 3 aromatic rings. The molecular weight excluding hydrogens is 606 g/mol. The van der Waals surface area contributed by atoms with E-state index in [0.717, 1.165) is 16.7 Å². The Hall–Kier alpha value is -5.39. The van der Waals surface area contributed by atoms with Crippen LogP contribution in [0.25, 0.3) is 11.1 Å². The summed E-state index contributed by atoms with van der Waals surface area (Å²) in [6, 6.07) is 21.4. The van der Waals surface area contributed by atoms with Crippen LogP contribution >= 0.6 is 0 Å². The molecule has 0 aromatic heterocycles. The SMILES string of the molecule is CCOC(=O)OC(C)OC(=O)[C@H]1CC[C@H](NC(=O)c2cc(-c3ccc(C(=N)NC(=O)OCc4ccccc4)cc3)ccc2OC)CC1. The zero-order valence-corrected chi connectivity index (χ0v) is 26.6. The number of nitrogens with one attached hydrogen (secondary N) is 3. The highest BCUT2D eigenvalue weighted by Crippen LogP contribution is 2.29. The zero-order chi connectivity index (χ0) is 33.8. The molecule has 0 saturated heterocycles. The number of alkyl carbamates (subject to hydrolysis) is 1. The van der Waals surface area contributed by atoms with E-state index in [9.17, 15) is 19.2 Å². The Kier molecular flexibility index (Phi) is 12.3. The Balaban J connectivity index is 1.30. The molecule has 4 rings (SSSR count). The van der Waals surface area contributed by atoms with Gasteiger partial charge in [0.15, 0.2) is 0 Å². The van der Waals surface area contributed by atoms with Gasteiger partial charge >= 0.3 is 18.2 Å². The van der Waals surface area contributed by atoms with Crippen LogP contribution in [0.4, 0.5) is 9.59 Å². The number of amides is 2. The predicted molar refractivity (Wildman–Crippen MR) is 172 cm³/mol. The van der Waals surface area contributed by atoms with Crippen molar-refractivity contribution in [2.45, 2.75) is 58.5 Å². The van der Waals surface area contributed by atoms with Crippen LogP contribution in [0.1, 0.15) is 61.0 Å². The molecule has 12 nitrogen and oxygen atoms in total. The molecule has 0 aliphatic heterocycles. The standard InChI is InChI=1S/C35H39N3O9/c1-4-44-35(42)47-22(2)46-33(40)26-14-17-28(18-15-26)37-32(39)29-20-27(16-19-30(29)43-3)24-10-12-25(13-11-24)31(36)38-34(41)45-21-23-8-6-5-7-9-23/h5-13,16,19-20,22,26,28H,4,14-15,17-18,21H2,1-3H3,(H,37,39)(H2,36,38,41)/t22?,26-,28-. The number of rotatable bonds is 11. The van der Waals surface area contributed by atoms with Crippen molar-refractivity contribution in [2.75, 3.05) is 13.7 Å². The van der Waals surface area contributed by atoms with Crippen LogP contribution in [-0.2, 0) is 30.3 Å². The second-order valence-corrected chi connectivity index (χ2v) is 10.9. The number of carbonyl (C=O) groups is 4. The minimum absolute atomic E-state index is 0.0944. The van der Waals surface area contributed by atoms with Crippen LogP contribution in [-0.4, -0.2) is 56.0 Å². The van der Waals surface area contributed by atoms with Gasteiger partial charge in [-0.3, -0.25) is 20.3 Å². The summed E-state index contributed by atoms with van der Waals surface area (Å²) >= 11 is 0. The molecular formula is C35H39N3O9. The summed E-state index contributed by atoms with van der Waals surface area (Å²) in [5, 5.41) is 13.7. The Morgan fingerprint density at radius 1 is 0.872 bits per heavy atom. The summed E-state index contributed by atoms with van der Waals surface area (Å²) in [4.78, 5) is 49.5. The maximum atomic E-state index is 13.4. The highest BCUT2D eigenvalue weighted by atomic mass is 16.8. The topological polar surface area (TPSA) is 162 Å². The van der Waals surface area contributed by atoms with Gasteiger partial charge < -0.3 is 29.0 Å². The van der Waals surface area contributed by atoms with Crippen molar-refractivity contribution in [3.8, 4) is 16.9 Å². The summed E-state index contributed by atoms with van der Waals surface area (Å²) in [5.74, 6) is -0.819. The summed E-state index contributed by atoms with van der Waals surface area (Å²) < 4.78 is 25.5. The molecule has 1 aliphatic carbocycles. The molecule has 0 spiro atoms. The molecule has 2 amide bonds. The smallest absolute Gasteiger partial charge is 0.496 e. The Bertz CT molecular complexity index is 1550. The van der Waals surface area contributed by atoms with Gasteiger partial charge in [-0.05, 0) is 61.4 Å². The molecule has 1 aliphatic rings. The Labute approximate surface area is 273 Å². The van der Waals surface area contributed by atoms with Crippen molar-refractivity contribution in [1.29, 1.82) is 5.41 Å². The highest BCUT2D eigenvalue weighted by Gasteiger charge is 2.30. The van der Waals surface area contributed by atoms with Gasteiger partial charge in [-0.1, -0.05) is 60.7 Å². The van der Waals surface area contributed by atoms with Crippen molar-refractivity contribution < 1.29 is 42.9 Å². The first-order valence-corrected chi connectivity index (χ1v) is 15.4. The lowest BCUT2D eigenvalue weighted by Crippen LogP contribution is -2.39. The summed E-state index contributed by atoms with van der Waals surface area (Å²) in [7, 11) is 1.49. The van der Waals surface area contributed by atoms with E-state index < -0.39 is 24.5 Å². The average molecular weight is 646 g/mol. The molecule has 1 unspecified atom stereocenters. The highest BCUT2D eigenvalue weighted by molar-refractivity contribution is 6.04. The molecule has 1 atom stereocenters. The molecule has 248 valence electrons. The minimum Gasteiger partial charge on any atom is -0.496 e. The van der Waals surface area contributed by atoms with Gasteiger partial charge in [0.1, 0.15) is 18.2 Å². The van der Waals surface area contributed by atoms with Gasteiger partial charge in [0.05, 0.1) is 25.2 Å². The van der Waals surface area contributed by atoms with Crippen molar-refractivity contribution in [1.82, 2.24) is 10.6 Å². The minimum atomic E-state index is -1.06. The molecule has 47 heavy (non-hydrogen) atoms. The first kappa shape index (κ1) is 34.5. The third kappa shape index (κ3) is 10.1. The third-order valence-corrected chi connectivity index (χ3v) is 7.59. The number of amidine groups is 1. The van der Waals surface area contributed by atoms with Crippen LogP contribution in [0.2, 0.25) is 0 Å². The molecule has 3 N–H and O–H groups in total. The number of esters is 1. The first-order chi connectivity index (χ1) is 22.7.